The van der Waals surface area contributed by atoms with E-state index in [9.17, 15) is 48.7 Å². The molecule has 0 bridgehead atoms. The molecular formula is C42H41F10NO4. The third-order valence-corrected chi connectivity index (χ3v) is 10.1. The Morgan fingerprint density at radius 3 is 1.93 bits per heavy atom. The van der Waals surface area contributed by atoms with Crippen LogP contribution < -0.4 is 14.8 Å². The van der Waals surface area contributed by atoms with Crippen molar-refractivity contribution in [3.05, 3.63) is 118 Å². The van der Waals surface area contributed by atoms with E-state index in [1.54, 1.807) is 32.0 Å². The Morgan fingerprint density at radius 2 is 1.35 bits per heavy atom. The number of hydrogen-bond acceptors (Lipinski definition) is 5. The topological polar surface area (TPSA) is 56.8 Å². The fourth-order valence-corrected chi connectivity index (χ4v) is 7.09. The fraction of sp³-hybridized carbons (Fsp3) is 0.405. The predicted molar refractivity (Wildman–Crippen MR) is 192 cm³/mol. The van der Waals surface area contributed by atoms with Gasteiger partial charge in [0.15, 0.2) is 0 Å². The van der Waals surface area contributed by atoms with Gasteiger partial charge in [-0.25, -0.2) is 9.18 Å². The second-order valence-corrected chi connectivity index (χ2v) is 14.4. The summed E-state index contributed by atoms with van der Waals surface area (Å²) in [5.74, 6) is -0.816. The summed E-state index contributed by atoms with van der Waals surface area (Å²) in [5.41, 5.74) is -3.86. The normalized spacial score (nSPS) is 15.4. The summed E-state index contributed by atoms with van der Waals surface area (Å²) in [5, 5.41) is 2.84. The molecule has 5 rings (SSSR count). The van der Waals surface area contributed by atoms with Gasteiger partial charge in [0.1, 0.15) is 23.4 Å². The molecule has 0 heterocycles. The zero-order valence-corrected chi connectivity index (χ0v) is 31.4. The first kappa shape index (κ1) is 43.3. The van der Waals surface area contributed by atoms with Crippen molar-refractivity contribution in [2.24, 2.45) is 0 Å². The van der Waals surface area contributed by atoms with Crippen molar-refractivity contribution < 1.29 is 62.9 Å². The number of ether oxygens (including phenoxy) is 3. The lowest BCUT2D eigenvalue weighted by molar-refractivity contribution is -0.143. The second kappa shape index (κ2) is 17.4. The summed E-state index contributed by atoms with van der Waals surface area (Å²) in [4.78, 5) is 13.5. The van der Waals surface area contributed by atoms with Crippen LogP contribution >= 0.6 is 0 Å². The van der Waals surface area contributed by atoms with Gasteiger partial charge in [-0.3, -0.25) is 0 Å². The molecule has 4 aromatic rings. The molecule has 1 fully saturated rings. The van der Waals surface area contributed by atoms with Crippen LogP contribution in [-0.2, 0) is 29.8 Å². The van der Waals surface area contributed by atoms with E-state index in [1.807, 2.05) is 0 Å². The number of hydrogen-bond donors (Lipinski definition) is 1. The minimum atomic E-state index is -5.24. The summed E-state index contributed by atoms with van der Waals surface area (Å²) < 4.78 is 157. The Kier molecular flexibility index (Phi) is 13.2. The maximum absolute atomic E-state index is 14.9. The molecular weight excluding hydrogens is 772 g/mol. The van der Waals surface area contributed by atoms with Gasteiger partial charge in [0, 0.05) is 24.2 Å². The van der Waals surface area contributed by atoms with E-state index in [-0.39, 0.29) is 51.7 Å². The van der Waals surface area contributed by atoms with E-state index in [2.05, 4.69) is 5.32 Å². The van der Waals surface area contributed by atoms with E-state index in [1.165, 1.54) is 26.2 Å². The predicted octanol–water partition coefficient (Wildman–Crippen LogP) is 13.2. The van der Waals surface area contributed by atoms with Gasteiger partial charge >= 0.3 is 24.7 Å². The second-order valence-electron chi connectivity index (χ2n) is 14.4. The van der Waals surface area contributed by atoms with Crippen molar-refractivity contribution in [1.82, 2.24) is 5.32 Å². The zero-order chi connectivity index (χ0) is 41.9. The molecule has 0 unspecified atom stereocenters. The molecule has 0 spiro atoms. The van der Waals surface area contributed by atoms with E-state index >= 15 is 0 Å². The molecule has 2 atom stereocenters. The highest BCUT2D eigenvalue weighted by molar-refractivity contribution is 5.75. The first-order chi connectivity index (χ1) is 26.7. The maximum Gasteiger partial charge on any atom is 0.514 e. The number of nitrogens with one attached hydrogen (secondary N) is 1. The molecule has 0 amide bonds. The van der Waals surface area contributed by atoms with E-state index < -0.39 is 71.4 Å². The number of rotatable bonds is 11. The lowest BCUT2D eigenvalue weighted by Gasteiger charge is -2.28. The van der Waals surface area contributed by atoms with Gasteiger partial charge in [-0.05, 0) is 102 Å². The van der Waals surface area contributed by atoms with Crippen molar-refractivity contribution in [2.45, 2.75) is 102 Å². The molecule has 308 valence electrons. The summed E-state index contributed by atoms with van der Waals surface area (Å²) in [6, 6.07) is 11.3. The van der Waals surface area contributed by atoms with Crippen molar-refractivity contribution in [3.8, 4) is 22.6 Å². The Bertz CT molecular complexity index is 2000. The summed E-state index contributed by atoms with van der Waals surface area (Å²) >= 11 is 0. The van der Waals surface area contributed by atoms with Crippen molar-refractivity contribution in [1.29, 1.82) is 0 Å². The molecule has 15 heteroatoms. The number of methoxy groups -OCH3 is 1. The van der Waals surface area contributed by atoms with Crippen LogP contribution in [0, 0.1) is 5.82 Å². The lowest BCUT2D eigenvalue weighted by atomic mass is 9.84. The lowest BCUT2D eigenvalue weighted by Crippen LogP contribution is -2.35. The first-order valence-electron chi connectivity index (χ1n) is 18.3. The van der Waals surface area contributed by atoms with E-state index in [4.69, 9.17) is 14.2 Å². The van der Waals surface area contributed by atoms with Gasteiger partial charge in [-0.2, -0.15) is 39.5 Å². The van der Waals surface area contributed by atoms with Crippen molar-refractivity contribution >= 4 is 6.16 Å². The molecule has 4 aromatic carbocycles. The van der Waals surface area contributed by atoms with Crippen LogP contribution in [0.5, 0.6) is 11.5 Å². The highest BCUT2D eigenvalue weighted by Gasteiger charge is 2.39. The molecule has 57 heavy (non-hydrogen) atoms. The molecule has 0 saturated heterocycles. The monoisotopic (exact) mass is 813 g/mol. The molecule has 1 aliphatic carbocycles. The molecule has 1 aliphatic rings. The van der Waals surface area contributed by atoms with Gasteiger partial charge in [0.25, 0.3) is 0 Å². The molecule has 0 aliphatic heterocycles. The Morgan fingerprint density at radius 1 is 0.737 bits per heavy atom. The summed E-state index contributed by atoms with van der Waals surface area (Å²) in [7, 11) is 1.25. The summed E-state index contributed by atoms with van der Waals surface area (Å²) in [6.45, 7) is 4.22. The van der Waals surface area contributed by atoms with Gasteiger partial charge in [0.05, 0.1) is 23.8 Å². The third-order valence-electron chi connectivity index (χ3n) is 10.1. The van der Waals surface area contributed by atoms with E-state index in [0.29, 0.717) is 17.7 Å². The average molecular weight is 814 g/mol. The SMILES string of the molecule is COc1cc(F)c(C(C)C)cc1-c1ccc(C(F)(F)F)cc1CN[C@@H](C)[C@H](OC(=O)Oc1ccccc1C1CCCCC1)c1cc(C(F)(F)F)cc(C(F)(F)F)c1. The molecule has 1 saturated carbocycles. The maximum atomic E-state index is 14.9. The third kappa shape index (κ3) is 10.6. The quantitative estimate of drug-likeness (QED) is 0.0929. The van der Waals surface area contributed by atoms with Crippen molar-refractivity contribution in [3.63, 3.8) is 0 Å². The smallest absolute Gasteiger partial charge is 0.496 e. The molecule has 0 radical (unpaired) electrons. The number of halogens is 10. The van der Waals surface area contributed by atoms with Crippen molar-refractivity contribution in [2.75, 3.05) is 7.11 Å². The van der Waals surface area contributed by atoms with Gasteiger partial charge in [-0.1, -0.05) is 57.4 Å². The van der Waals surface area contributed by atoms with Gasteiger partial charge < -0.3 is 19.5 Å². The minimum Gasteiger partial charge on any atom is -0.496 e. The molecule has 5 nitrogen and oxygen atoms in total. The minimum absolute atomic E-state index is 0.00735. The number of alkyl halides is 9. The fourth-order valence-electron chi connectivity index (χ4n) is 7.09. The largest absolute Gasteiger partial charge is 0.514 e. The highest BCUT2D eigenvalue weighted by Crippen LogP contribution is 2.42. The number of benzene rings is 4. The van der Waals surface area contributed by atoms with Crippen LogP contribution in [0.3, 0.4) is 0 Å². The Balaban J connectivity index is 1.56. The van der Waals surface area contributed by atoms with Crippen LogP contribution in [0.1, 0.15) is 110 Å². The van der Waals surface area contributed by atoms with E-state index in [0.717, 1.165) is 56.4 Å². The van der Waals surface area contributed by atoms with Gasteiger partial charge in [0.2, 0.25) is 0 Å². The van der Waals surface area contributed by atoms with Crippen LogP contribution in [0.25, 0.3) is 11.1 Å². The van der Waals surface area contributed by atoms with Crippen LogP contribution in [0.15, 0.2) is 72.8 Å². The van der Waals surface area contributed by atoms with Crippen LogP contribution in [0.4, 0.5) is 48.7 Å². The standard InChI is InChI=1S/C42H41F10NO4/c1-23(2)33-20-34(37(55-4)21-35(33)43)31-15-14-28(40(44,45)46)18-27(31)22-53-24(3)38(26-16-29(41(47,48)49)19-30(17-26)42(50,51)52)57-39(54)56-36-13-9-8-12-32(36)25-10-6-5-7-11-25/h8-9,12-21,23-25,38,53H,5-7,10-11,22H2,1-4H3/t24-,38-/m0/s1. The summed E-state index contributed by atoms with van der Waals surface area (Å²) in [6.07, 6.45) is -14.1. The highest BCUT2D eigenvalue weighted by atomic mass is 19.4. The number of carbonyl (C=O) groups is 1. The van der Waals surface area contributed by atoms with Crippen LogP contribution in [0.2, 0.25) is 0 Å². The molecule has 1 N–H and O–H groups in total. The molecule has 0 aromatic heterocycles. The Labute approximate surface area is 323 Å². The van der Waals surface area contributed by atoms with Crippen LogP contribution in [-0.4, -0.2) is 19.3 Å². The Hall–Kier alpha value is -4.79. The zero-order valence-electron chi connectivity index (χ0n) is 31.4. The number of para-hydroxylation sites is 1. The first-order valence-corrected chi connectivity index (χ1v) is 18.3. The van der Waals surface area contributed by atoms with Gasteiger partial charge in [-0.15, -0.1) is 0 Å². The number of carbonyl (C=O) groups excluding carboxylic acids is 1. The average Bonchev–Trinajstić information content (AvgIpc) is 3.15.